The molecule has 2 aromatic rings. The Morgan fingerprint density at radius 3 is 1.26 bits per heavy atom. The largest absolute Gasteiger partial charge is 0.344 e. The van der Waals surface area contributed by atoms with Gasteiger partial charge in [-0.05, 0) is 90.0 Å². The minimum atomic E-state index is -0.332. The van der Waals surface area contributed by atoms with Crippen LogP contribution in [-0.4, -0.2) is 53.9 Å². The van der Waals surface area contributed by atoms with Crippen molar-refractivity contribution in [2.75, 3.05) is 37.0 Å². The summed E-state index contributed by atoms with van der Waals surface area (Å²) in [6.07, 6.45) is 31.0. The summed E-state index contributed by atoms with van der Waals surface area (Å²) < 4.78 is 0. The number of allylic oxidation sites excluding steroid dienone is 9. The van der Waals surface area contributed by atoms with Crippen LogP contribution in [0.2, 0.25) is 0 Å². The smallest absolute Gasteiger partial charge is 0.266 e. The van der Waals surface area contributed by atoms with Crippen molar-refractivity contribution in [2.24, 2.45) is 0 Å². The lowest BCUT2D eigenvalue weighted by molar-refractivity contribution is -0.132. The first-order chi connectivity index (χ1) is 29.9. The van der Waals surface area contributed by atoms with Crippen LogP contribution >= 0.6 is 12.2 Å². The molecule has 334 valence electrons. The fourth-order valence-corrected chi connectivity index (χ4v) is 10.5. The highest BCUT2D eigenvalue weighted by molar-refractivity contribution is 7.80. The number of hydrogen-bond acceptors (Lipinski definition) is 5. The monoisotopic (exact) mass is 857 g/mol. The molecule has 6 nitrogen and oxygen atoms in total. The number of likely N-dealkylation sites (N-methyl/N-ethyl adjacent to an activating group) is 2. The van der Waals surface area contributed by atoms with Gasteiger partial charge in [-0.3, -0.25) is 19.4 Å². The number of benzene rings is 2. The zero-order chi connectivity index (χ0) is 44.4. The van der Waals surface area contributed by atoms with Crippen LogP contribution in [0, 0.1) is 0 Å². The summed E-state index contributed by atoms with van der Waals surface area (Å²) in [6, 6.07) is 17.7. The minimum Gasteiger partial charge on any atom is -0.344 e. The van der Waals surface area contributed by atoms with Gasteiger partial charge in [0, 0.05) is 60.8 Å². The lowest BCUT2D eigenvalue weighted by atomic mass is 9.83. The molecule has 4 aliphatic rings. The van der Waals surface area contributed by atoms with Crippen molar-refractivity contribution in [3.8, 4) is 0 Å². The average molecular weight is 857 g/mol. The maximum atomic E-state index is 14.2. The molecule has 0 unspecified atom stereocenters. The fraction of sp³-hybridized carbons (Fsp3) is 0.545. The number of anilines is 2. The Morgan fingerprint density at radius 1 is 0.516 bits per heavy atom. The van der Waals surface area contributed by atoms with Crippen molar-refractivity contribution in [1.29, 1.82) is 0 Å². The number of carbonyl (C=O) groups is 2. The molecule has 3 heterocycles. The highest BCUT2D eigenvalue weighted by Crippen LogP contribution is 2.50. The van der Waals surface area contributed by atoms with Crippen LogP contribution in [0.5, 0.6) is 0 Å². The van der Waals surface area contributed by atoms with Crippen LogP contribution in [0.1, 0.15) is 168 Å². The van der Waals surface area contributed by atoms with E-state index in [0.29, 0.717) is 0 Å². The van der Waals surface area contributed by atoms with E-state index in [4.69, 9.17) is 12.2 Å². The summed E-state index contributed by atoms with van der Waals surface area (Å²) in [6.45, 7) is 15.8. The number of hydrogen-bond donors (Lipinski definition) is 0. The Morgan fingerprint density at radius 2 is 0.871 bits per heavy atom. The van der Waals surface area contributed by atoms with Crippen LogP contribution in [0.15, 0.2) is 107 Å². The van der Waals surface area contributed by atoms with E-state index in [1.165, 1.54) is 134 Å². The van der Waals surface area contributed by atoms with E-state index in [2.05, 4.69) is 124 Å². The molecule has 6 rings (SSSR count). The molecule has 0 aromatic heterocycles. The summed E-state index contributed by atoms with van der Waals surface area (Å²) in [7, 11) is 3.37. The second-order valence-corrected chi connectivity index (χ2v) is 19.7. The summed E-state index contributed by atoms with van der Waals surface area (Å²) in [5, 5.41) is 0.229. The second kappa shape index (κ2) is 21.4. The van der Waals surface area contributed by atoms with Gasteiger partial charge in [0.15, 0.2) is 5.11 Å². The van der Waals surface area contributed by atoms with Crippen molar-refractivity contribution < 1.29 is 9.59 Å². The van der Waals surface area contributed by atoms with Crippen molar-refractivity contribution in [3.63, 3.8) is 0 Å². The normalized spacial score (nSPS) is 20.9. The molecular formula is C55H76N4O2S. The van der Waals surface area contributed by atoms with Gasteiger partial charge in [-0.2, -0.15) is 0 Å². The number of para-hydroxylation sites is 2. The molecule has 0 atom stereocenters. The van der Waals surface area contributed by atoms with E-state index in [9.17, 15) is 9.59 Å². The Labute approximate surface area is 380 Å². The van der Waals surface area contributed by atoms with Crippen LogP contribution < -0.4 is 9.80 Å². The van der Waals surface area contributed by atoms with Crippen molar-refractivity contribution in [3.05, 3.63) is 118 Å². The first-order valence-electron chi connectivity index (χ1n) is 24.3. The lowest BCUT2D eigenvalue weighted by Crippen LogP contribution is -2.53. The van der Waals surface area contributed by atoms with Crippen molar-refractivity contribution in [2.45, 2.75) is 168 Å². The van der Waals surface area contributed by atoms with Gasteiger partial charge < -0.3 is 9.80 Å². The molecule has 0 spiro atoms. The number of unbranched alkanes of at least 4 members (excludes halogenated alkanes) is 14. The van der Waals surface area contributed by atoms with Gasteiger partial charge >= 0.3 is 0 Å². The summed E-state index contributed by atoms with van der Waals surface area (Å²) in [4.78, 5) is 36.4. The number of amides is 2. The molecule has 2 aromatic carbocycles. The predicted molar refractivity (Wildman–Crippen MR) is 266 cm³/mol. The van der Waals surface area contributed by atoms with Gasteiger partial charge in [0.05, 0.1) is 0 Å². The van der Waals surface area contributed by atoms with Crippen LogP contribution in [0.3, 0.4) is 0 Å². The van der Waals surface area contributed by atoms with Crippen LogP contribution in [0.4, 0.5) is 11.4 Å². The standard InChI is InChI=1S/C55H76N4O2S/c1-9-11-13-15-17-19-21-27-39-58-45-31-25-23-29-43(45)54(3,4)47(58)37-35-41-33-34-42(49(41)50-51(60)56(7)53(62)57(8)52(50)61)36-38-48-55(5,6)44-30-24-26-32-46(44)59(48)40-28-22-20-18-16-14-12-10-2/h23-26,29-32,35-38H,9-22,27-28,33-34,39-40H2,1-8H3/b41-35+,42-36+,47-37+,48-38+. The third kappa shape index (κ3) is 10.1. The zero-order valence-corrected chi connectivity index (χ0v) is 40.4. The van der Waals surface area contributed by atoms with Crippen LogP contribution in [-0.2, 0) is 20.4 Å². The highest BCUT2D eigenvalue weighted by atomic mass is 32.1. The Bertz CT molecular complexity index is 1960. The Balaban J connectivity index is 1.35. The van der Waals surface area contributed by atoms with Crippen LogP contribution in [0.25, 0.3) is 0 Å². The molecule has 0 bridgehead atoms. The van der Waals surface area contributed by atoms with Gasteiger partial charge in [0.25, 0.3) is 11.8 Å². The average Bonchev–Trinajstić information content (AvgIpc) is 3.83. The van der Waals surface area contributed by atoms with Crippen molar-refractivity contribution in [1.82, 2.24) is 9.80 Å². The molecule has 2 amide bonds. The van der Waals surface area contributed by atoms with Gasteiger partial charge in [0.1, 0.15) is 5.57 Å². The third-order valence-electron chi connectivity index (χ3n) is 14.1. The lowest BCUT2D eigenvalue weighted by Gasteiger charge is -2.33. The topological polar surface area (TPSA) is 47.1 Å². The number of carbonyl (C=O) groups excluding carboxylic acids is 2. The number of rotatable bonds is 20. The molecule has 1 saturated heterocycles. The number of nitrogens with zero attached hydrogens (tertiary/aromatic N) is 4. The van der Waals surface area contributed by atoms with Gasteiger partial charge in [-0.15, -0.1) is 0 Å². The second-order valence-electron chi connectivity index (χ2n) is 19.3. The van der Waals surface area contributed by atoms with E-state index >= 15 is 0 Å². The molecule has 2 fully saturated rings. The quantitative estimate of drug-likeness (QED) is 0.0575. The molecule has 0 N–H and O–H groups in total. The van der Waals surface area contributed by atoms with Gasteiger partial charge in [-0.1, -0.05) is 180 Å². The predicted octanol–water partition coefficient (Wildman–Crippen LogP) is 13.8. The minimum absolute atomic E-state index is 0.201. The third-order valence-corrected chi connectivity index (χ3v) is 14.7. The van der Waals surface area contributed by atoms with E-state index < -0.39 is 0 Å². The zero-order valence-electron chi connectivity index (χ0n) is 39.6. The Kier molecular flexibility index (Phi) is 16.3. The van der Waals surface area contributed by atoms with E-state index in [0.717, 1.165) is 55.5 Å². The van der Waals surface area contributed by atoms with E-state index in [-0.39, 0.29) is 33.3 Å². The van der Waals surface area contributed by atoms with E-state index in [1.807, 2.05) is 0 Å². The molecule has 62 heavy (non-hydrogen) atoms. The number of thiocarbonyl (C=S) groups is 1. The summed E-state index contributed by atoms with van der Waals surface area (Å²) >= 11 is 5.56. The molecule has 1 aliphatic carbocycles. The molecule has 7 heteroatoms. The SMILES string of the molecule is CCCCCCCCCCN1/C(=C/C=C2\CC/C(=C\C=C3\N(CCCCCCCCCC)c4ccccc4C3(C)C)C2=C2C(=O)N(C)C(=S)N(C)C2=O)C(C)(C)c2ccccc21. The van der Waals surface area contributed by atoms with E-state index in [1.54, 1.807) is 14.1 Å². The fourth-order valence-electron chi connectivity index (χ4n) is 10.3. The highest BCUT2D eigenvalue weighted by Gasteiger charge is 2.43. The van der Waals surface area contributed by atoms with Gasteiger partial charge in [0.2, 0.25) is 0 Å². The number of fused-ring (bicyclic) bond motifs is 2. The first kappa shape index (κ1) is 47.3. The Hall–Kier alpha value is -4.23. The van der Waals surface area contributed by atoms with Crippen molar-refractivity contribution >= 4 is 40.5 Å². The molecule has 3 aliphatic heterocycles. The maximum Gasteiger partial charge on any atom is 0.266 e. The molecule has 0 radical (unpaired) electrons. The summed E-state index contributed by atoms with van der Waals surface area (Å²) in [5.41, 5.74) is 10.4. The summed E-state index contributed by atoms with van der Waals surface area (Å²) in [5.74, 6) is -0.663. The first-order valence-corrected chi connectivity index (χ1v) is 24.7. The maximum absolute atomic E-state index is 14.2. The molecule has 1 saturated carbocycles. The van der Waals surface area contributed by atoms with Gasteiger partial charge in [-0.25, -0.2) is 0 Å². The molecular weight excluding hydrogens is 781 g/mol.